The molecule has 4 nitrogen and oxygen atoms in total. The van der Waals surface area contributed by atoms with Gasteiger partial charge in [-0.3, -0.25) is 4.98 Å². The van der Waals surface area contributed by atoms with Crippen molar-refractivity contribution in [3.8, 4) is 11.5 Å². The fourth-order valence-corrected chi connectivity index (χ4v) is 2.69. The van der Waals surface area contributed by atoms with E-state index in [-0.39, 0.29) is 6.61 Å². The maximum Gasteiger partial charge on any atom is 0.573 e. The minimum absolute atomic E-state index is 0.288. The van der Waals surface area contributed by atoms with E-state index in [0.717, 1.165) is 12.1 Å². The van der Waals surface area contributed by atoms with Crippen molar-refractivity contribution in [3.63, 3.8) is 0 Å². The van der Waals surface area contributed by atoms with E-state index in [0.29, 0.717) is 29.1 Å². The first kappa shape index (κ1) is 16.5. The molecule has 24 heavy (non-hydrogen) atoms. The Hall–Kier alpha value is -2.35. The Bertz CT molecular complexity index is 779. The first-order chi connectivity index (χ1) is 11.2. The van der Waals surface area contributed by atoms with Gasteiger partial charge in [-0.05, 0) is 36.8 Å². The molecule has 1 atom stereocenters. The van der Waals surface area contributed by atoms with Crippen LogP contribution >= 0.6 is 0 Å². The number of aromatic nitrogens is 1. The number of alkyl halides is 3. The highest BCUT2D eigenvalue weighted by atomic mass is 19.4. The third-order valence-electron chi connectivity index (χ3n) is 3.85. The lowest BCUT2D eigenvalue weighted by Gasteiger charge is -2.35. The zero-order chi connectivity index (χ0) is 17.5. The number of nitrogens with zero attached hydrogens (tertiary/aromatic N) is 1. The largest absolute Gasteiger partial charge is 0.573 e. The molecule has 1 aromatic carbocycles. The summed E-state index contributed by atoms with van der Waals surface area (Å²) in [6.07, 6.45) is -4.65. The second kappa shape index (κ2) is 5.62. The van der Waals surface area contributed by atoms with Crippen LogP contribution in [0.3, 0.4) is 0 Å². The van der Waals surface area contributed by atoms with Crippen LogP contribution in [0.15, 0.2) is 30.3 Å². The number of nitrogens with two attached hydrogens (primary N) is 1. The summed E-state index contributed by atoms with van der Waals surface area (Å²) in [6.45, 7) is 2.06. The van der Waals surface area contributed by atoms with Gasteiger partial charge in [-0.15, -0.1) is 13.2 Å². The van der Waals surface area contributed by atoms with E-state index < -0.39 is 23.5 Å². The summed E-state index contributed by atoms with van der Waals surface area (Å²) >= 11 is 0. The highest BCUT2D eigenvalue weighted by molar-refractivity contribution is 5.46. The molecule has 1 aromatic heterocycles. The summed E-state index contributed by atoms with van der Waals surface area (Å²) in [5, 5.41) is 0. The molecule has 0 amide bonds. The van der Waals surface area contributed by atoms with Crippen LogP contribution in [0, 0.1) is 12.7 Å². The van der Waals surface area contributed by atoms with Crippen LogP contribution in [0.5, 0.6) is 11.5 Å². The maximum atomic E-state index is 14.0. The molecule has 0 unspecified atom stereocenters. The lowest BCUT2D eigenvalue weighted by molar-refractivity contribution is -0.275. The van der Waals surface area contributed by atoms with Gasteiger partial charge >= 0.3 is 6.36 Å². The van der Waals surface area contributed by atoms with Gasteiger partial charge in [-0.1, -0.05) is 6.07 Å². The van der Waals surface area contributed by atoms with Gasteiger partial charge in [0.2, 0.25) is 0 Å². The van der Waals surface area contributed by atoms with Crippen LogP contribution in [-0.2, 0) is 5.54 Å². The van der Waals surface area contributed by atoms with Crippen LogP contribution < -0.4 is 15.2 Å². The summed E-state index contributed by atoms with van der Waals surface area (Å²) in [6, 6.07) is 6.64. The Morgan fingerprint density at radius 2 is 2.00 bits per heavy atom. The number of pyridine rings is 1. The van der Waals surface area contributed by atoms with Crippen molar-refractivity contribution in [1.29, 1.82) is 0 Å². The lowest BCUT2D eigenvalue weighted by atomic mass is 9.82. The average molecular weight is 342 g/mol. The first-order valence-electron chi connectivity index (χ1n) is 7.15. The van der Waals surface area contributed by atoms with Crippen LogP contribution in [0.4, 0.5) is 17.6 Å². The zero-order valence-electron chi connectivity index (χ0n) is 12.7. The molecule has 0 fully saturated rings. The Labute approximate surface area is 135 Å². The Morgan fingerprint density at radius 3 is 2.67 bits per heavy atom. The van der Waals surface area contributed by atoms with Crippen molar-refractivity contribution >= 4 is 0 Å². The molecule has 1 aliphatic heterocycles. The third-order valence-corrected chi connectivity index (χ3v) is 3.85. The fraction of sp³-hybridized carbons (Fsp3) is 0.312. The molecule has 0 saturated carbocycles. The monoisotopic (exact) mass is 342 g/mol. The smallest absolute Gasteiger partial charge is 0.491 e. The van der Waals surface area contributed by atoms with Crippen molar-refractivity contribution in [3.05, 3.63) is 53.1 Å². The van der Waals surface area contributed by atoms with E-state index in [1.165, 1.54) is 6.07 Å². The van der Waals surface area contributed by atoms with Gasteiger partial charge < -0.3 is 15.2 Å². The average Bonchev–Trinajstić information content (AvgIpc) is 2.49. The maximum absolute atomic E-state index is 14.0. The molecular weight excluding hydrogens is 328 g/mol. The summed E-state index contributed by atoms with van der Waals surface area (Å²) in [4.78, 5) is 4.37. The number of halogens is 4. The number of rotatable bonds is 2. The topological polar surface area (TPSA) is 57.4 Å². The molecule has 3 rings (SSSR count). The molecular formula is C16H14F4N2O2. The van der Waals surface area contributed by atoms with Crippen LogP contribution in [-0.4, -0.2) is 18.0 Å². The molecule has 0 spiro atoms. The number of aryl methyl sites for hydroxylation is 1. The van der Waals surface area contributed by atoms with Gasteiger partial charge in [-0.2, -0.15) is 0 Å². The van der Waals surface area contributed by atoms with Crippen molar-refractivity contribution < 1.29 is 27.0 Å². The SMILES string of the molecule is Cc1ccc2c(n1)[C@@](N)(c1ccc(OC(F)(F)F)c(F)c1)CCO2. The molecule has 0 saturated heterocycles. The van der Waals surface area contributed by atoms with Crippen LogP contribution in [0.2, 0.25) is 0 Å². The van der Waals surface area contributed by atoms with Gasteiger partial charge in [0.25, 0.3) is 0 Å². The highest BCUT2D eigenvalue weighted by Gasteiger charge is 2.39. The molecule has 2 aromatic rings. The zero-order valence-corrected chi connectivity index (χ0v) is 12.7. The van der Waals surface area contributed by atoms with E-state index in [4.69, 9.17) is 10.5 Å². The summed E-state index contributed by atoms with van der Waals surface area (Å²) in [5.74, 6) is -1.57. The number of fused-ring (bicyclic) bond motifs is 1. The fourth-order valence-electron chi connectivity index (χ4n) is 2.69. The van der Waals surface area contributed by atoms with Gasteiger partial charge in [0.15, 0.2) is 11.6 Å². The van der Waals surface area contributed by atoms with E-state index >= 15 is 0 Å². The Balaban J connectivity index is 2.04. The predicted molar refractivity (Wildman–Crippen MR) is 77.1 cm³/mol. The number of benzene rings is 1. The molecule has 2 N–H and O–H groups in total. The first-order valence-corrected chi connectivity index (χ1v) is 7.15. The molecule has 0 radical (unpaired) electrons. The molecule has 2 heterocycles. The molecule has 128 valence electrons. The van der Waals surface area contributed by atoms with Crippen molar-refractivity contribution in [2.75, 3.05) is 6.61 Å². The van der Waals surface area contributed by atoms with E-state index in [1.54, 1.807) is 19.1 Å². The summed E-state index contributed by atoms with van der Waals surface area (Å²) < 4.78 is 59.9. The second-order valence-electron chi connectivity index (χ2n) is 5.56. The minimum atomic E-state index is -4.97. The van der Waals surface area contributed by atoms with E-state index in [9.17, 15) is 17.6 Å². The quantitative estimate of drug-likeness (QED) is 0.850. The van der Waals surface area contributed by atoms with Gasteiger partial charge in [0.1, 0.15) is 11.4 Å². The number of ether oxygens (including phenoxy) is 2. The second-order valence-corrected chi connectivity index (χ2v) is 5.56. The Kier molecular flexibility index (Phi) is 3.87. The van der Waals surface area contributed by atoms with Crippen molar-refractivity contribution in [2.24, 2.45) is 5.73 Å². The van der Waals surface area contributed by atoms with Crippen LogP contribution in [0.25, 0.3) is 0 Å². The van der Waals surface area contributed by atoms with Gasteiger partial charge in [0, 0.05) is 12.1 Å². The standard InChI is InChI=1S/C16H14F4N2O2/c1-9-2-4-13-14(22-9)15(21,6-7-23-13)10-3-5-12(11(17)8-10)24-16(18,19)20/h2-5,8H,6-7,21H2,1H3/t15-/m0/s1. The predicted octanol–water partition coefficient (Wildman–Crippen LogP) is 3.41. The number of hydrogen-bond donors (Lipinski definition) is 1. The third kappa shape index (κ3) is 3.01. The van der Waals surface area contributed by atoms with E-state index in [1.807, 2.05) is 0 Å². The molecule has 1 aliphatic rings. The highest BCUT2D eigenvalue weighted by Crippen LogP contribution is 2.40. The van der Waals surface area contributed by atoms with Crippen molar-refractivity contribution in [2.45, 2.75) is 25.2 Å². The minimum Gasteiger partial charge on any atom is -0.491 e. The van der Waals surface area contributed by atoms with Crippen LogP contribution in [0.1, 0.15) is 23.4 Å². The summed E-state index contributed by atoms with van der Waals surface area (Å²) in [7, 11) is 0. The molecule has 8 heteroatoms. The van der Waals surface area contributed by atoms with Gasteiger partial charge in [0.05, 0.1) is 12.1 Å². The lowest BCUT2D eigenvalue weighted by Crippen LogP contribution is -2.43. The van der Waals surface area contributed by atoms with Crippen molar-refractivity contribution in [1.82, 2.24) is 4.98 Å². The Morgan fingerprint density at radius 1 is 1.25 bits per heavy atom. The molecule has 0 bridgehead atoms. The van der Waals surface area contributed by atoms with Gasteiger partial charge in [-0.25, -0.2) is 4.39 Å². The summed E-state index contributed by atoms with van der Waals surface area (Å²) in [5.41, 5.74) is 6.71. The normalized spacial score (nSPS) is 20.2. The molecule has 0 aliphatic carbocycles. The van der Waals surface area contributed by atoms with E-state index in [2.05, 4.69) is 9.72 Å². The number of hydrogen-bond acceptors (Lipinski definition) is 4.